The summed E-state index contributed by atoms with van der Waals surface area (Å²) in [5.41, 5.74) is 0. The van der Waals surface area contributed by atoms with Crippen LogP contribution in [-0.4, -0.2) is 39.1 Å². The fourth-order valence-electron chi connectivity index (χ4n) is 1.34. The Morgan fingerprint density at radius 3 is 0.714 bits per heavy atom. The Bertz CT molecular complexity index is 64.2. The van der Waals surface area contributed by atoms with Gasteiger partial charge in [-0.1, -0.05) is 0 Å². The van der Waals surface area contributed by atoms with E-state index in [9.17, 15) is 0 Å². The third-order valence-corrected chi connectivity index (χ3v) is 2.68. The van der Waals surface area contributed by atoms with Crippen LogP contribution < -0.4 is 0 Å². The molecule has 0 atom stereocenters. The molecule has 0 N–H and O–H groups in total. The number of halogens is 4. The van der Waals surface area contributed by atoms with E-state index in [4.69, 9.17) is 0 Å². The average molecular weight is 221 g/mol. The van der Waals surface area contributed by atoms with Crippen LogP contribution in [0.3, 0.4) is 0 Å². The fraction of sp³-hybridized carbons (Fsp3) is 1.00. The van der Waals surface area contributed by atoms with Gasteiger partial charge in [0.15, 0.2) is 0 Å². The molecule has 0 aromatic heterocycles. The summed E-state index contributed by atoms with van der Waals surface area (Å²) in [6, 6.07) is 0. The van der Waals surface area contributed by atoms with Crippen molar-refractivity contribution in [1.82, 2.24) is 0 Å². The second kappa shape index (κ2) is 18.5. The Kier molecular flexibility index (Phi) is 49.2. The van der Waals surface area contributed by atoms with Crippen LogP contribution in [0.25, 0.3) is 0 Å². The molecule has 0 rings (SSSR count). The van der Waals surface area contributed by atoms with Crippen molar-refractivity contribution >= 4 is 8.41 Å². The normalized spacial score (nSPS) is 7.71. The number of nitrogens with zero attached hydrogens (tertiary/aromatic N) is 1. The molecule has 0 saturated carbocycles. The summed E-state index contributed by atoms with van der Waals surface area (Å²) in [4.78, 5) is 0. The topological polar surface area (TPSA) is 0 Å². The van der Waals surface area contributed by atoms with Crippen LogP contribution in [0.4, 0.5) is 18.8 Å². The Hall–Kier alpha value is -0.255. The van der Waals surface area contributed by atoms with Gasteiger partial charge in [-0.2, -0.15) is 0 Å². The van der Waals surface area contributed by atoms with Gasteiger partial charge < -0.3 is 4.48 Å². The van der Waals surface area contributed by atoms with Crippen LogP contribution in [0, 0.1) is 0 Å². The zero-order valence-corrected chi connectivity index (χ0v) is 9.49. The maximum atomic E-state index is 2.27. The van der Waals surface area contributed by atoms with Crippen molar-refractivity contribution in [2.45, 2.75) is 27.7 Å². The summed E-state index contributed by atoms with van der Waals surface area (Å²) in [6.45, 7) is 14.2. The second-order valence-electron chi connectivity index (χ2n) is 2.61. The van der Waals surface area contributed by atoms with Crippen molar-refractivity contribution in [3.8, 4) is 0 Å². The van der Waals surface area contributed by atoms with E-state index in [0.29, 0.717) is 0 Å². The van der Waals surface area contributed by atoms with Gasteiger partial charge in [0.25, 0.3) is 0 Å². The lowest BCUT2D eigenvalue weighted by Gasteiger charge is -2.34. The van der Waals surface area contributed by atoms with Crippen molar-refractivity contribution in [2.24, 2.45) is 0 Å². The van der Waals surface area contributed by atoms with Gasteiger partial charge in [-0.05, 0) is 27.7 Å². The molecule has 0 aliphatic heterocycles. The van der Waals surface area contributed by atoms with Gasteiger partial charge >= 0.3 is 0 Å². The Morgan fingerprint density at radius 1 is 0.571 bits per heavy atom. The summed E-state index contributed by atoms with van der Waals surface area (Å²) in [6.07, 6.45) is 0. The van der Waals surface area contributed by atoms with Gasteiger partial charge in [-0.25, -0.2) is 0 Å². The molecule has 0 spiro atoms. The molecule has 0 aromatic rings. The highest BCUT2D eigenvalue weighted by Crippen LogP contribution is 2.03. The molecule has 1 nitrogen and oxygen atoms in total. The van der Waals surface area contributed by atoms with Crippen molar-refractivity contribution in [3.63, 3.8) is 0 Å². The summed E-state index contributed by atoms with van der Waals surface area (Å²) >= 11 is 0. The highest BCUT2D eigenvalue weighted by Gasteiger charge is 2.16. The van der Waals surface area contributed by atoms with Crippen molar-refractivity contribution < 1.29 is 23.3 Å². The molecular weight excluding hydrogens is 197 g/mol. The predicted octanol–water partition coefficient (Wildman–Crippen LogP) is 2.11. The van der Waals surface area contributed by atoms with Crippen molar-refractivity contribution in [2.75, 3.05) is 26.2 Å². The first-order valence-corrected chi connectivity index (χ1v) is 4.09. The molecule has 91 valence electrons. The van der Waals surface area contributed by atoms with Crippen LogP contribution >= 0.6 is 0 Å². The van der Waals surface area contributed by atoms with Gasteiger partial charge in [0, 0.05) is 8.41 Å². The molecule has 0 fully saturated rings. The summed E-state index contributed by atoms with van der Waals surface area (Å²) < 4.78 is 1.28. The molecule has 0 unspecified atom stereocenters. The van der Waals surface area contributed by atoms with Crippen LogP contribution in [0.15, 0.2) is 0 Å². The Labute approximate surface area is 86.5 Å². The van der Waals surface area contributed by atoms with Crippen molar-refractivity contribution in [1.29, 1.82) is 0 Å². The largest absolute Gasteiger partial charge is 0.325 e. The van der Waals surface area contributed by atoms with Crippen LogP contribution in [0.2, 0.25) is 0 Å². The van der Waals surface area contributed by atoms with E-state index in [2.05, 4.69) is 27.7 Å². The molecule has 14 heavy (non-hydrogen) atoms. The fourth-order valence-corrected chi connectivity index (χ4v) is 1.34. The highest BCUT2D eigenvalue weighted by atomic mass is 19.0. The highest BCUT2D eigenvalue weighted by molar-refractivity contribution is 5.75. The van der Waals surface area contributed by atoms with Crippen LogP contribution in [0.5, 0.6) is 0 Å². The van der Waals surface area contributed by atoms with Crippen LogP contribution in [-0.2, 0) is 0 Å². The standard InChI is InChI=1S/C8H20N.B.4FH/c1-5-9(6-2,7-3)8-4;;;;;/h5-8H2,1-4H3;;4*1H/q+1;;;;;. The first-order valence-electron chi connectivity index (χ1n) is 4.09. The Morgan fingerprint density at radius 2 is 0.714 bits per heavy atom. The second-order valence-corrected chi connectivity index (χ2v) is 2.61. The lowest BCUT2D eigenvalue weighted by Crippen LogP contribution is -2.47. The molecule has 0 amide bonds. The first-order chi connectivity index (χ1) is 4.24. The molecule has 0 bridgehead atoms. The maximum absolute atomic E-state index is 2.27. The minimum atomic E-state index is 0. The number of quaternary nitrogens is 1. The van der Waals surface area contributed by atoms with E-state index in [1.807, 2.05) is 0 Å². The smallest absolute Gasteiger partial charge is 0.0757 e. The molecule has 0 aromatic carbocycles. The first kappa shape index (κ1) is 37.2. The van der Waals surface area contributed by atoms with E-state index in [1.165, 1.54) is 30.7 Å². The summed E-state index contributed by atoms with van der Waals surface area (Å²) in [5, 5.41) is 0. The molecule has 0 heterocycles. The molecule has 6 heteroatoms. The van der Waals surface area contributed by atoms with Crippen molar-refractivity contribution in [3.05, 3.63) is 0 Å². The lowest BCUT2D eigenvalue weighted by atomic mass is 10.3. The maximum Gasteiger partial charge on any atom is 0.0757 e. The van der Waals surface area contributed by atoms with Gasteiger partial charge in [-0.15, -0.1) is 0 Å². The molecule has 3 radical (unpaired) electrons. The quantitative estimate of drug-likeness (QED) is 0.387. The predicted molar refractivity (Wildman–Crippen MR) is 58.2 cm³/mol. The van der Waals surface area contributed by atoms with E-state index >= 15 is 0 Å². The van der Waals surface area contributed by atoms with Gasteiger partial charge in [0.1, 0.15) is 0 Å². The molecule has 0 saturated heterocycles. The average Bonchev–Trinajstić information content (AvgIpc) is 1.95. The van der Waals surface area contributed by atoms with Crippen LogP contribution in [0.1, 0.15) is 27.7 Å². The third-order valence-electron chi connectivity index (χ3n) is 2.68. The van der Waals surface area contributed by atoms with E-state index < -0.39 is 0 Å². The number of hydrogen-bond acceptors (Lipinski definition) is 0. The van der Waals surface area contributed by atoms with Gasteiger partial charge in [0.05, 0.1) is 26.2 Å². The lowest BCUT2D eigenvalue weighted by molar-refractivity contribution is -0.921. The zero-order chi connectivity index (χ0) is 7.33. The minimum Gasteiger partial charge on any atom is -0.325 e. The van der Waals surface area contributed by atoms with Gasteiger partial charge in [-0.3, -0.25) is 18.8 Å². The number of rotatable bonds is 4. The van der Waals surface area contributed by atoms with Gasteiger partial charge in [0.2, 0.25) is 0 Å². The molecular formula is C8H24BF4N+. The summed E-state index contributed by atoms with van der Waals surface area (Å²) in [5.74, 6) is 0. The van der Waals surface area contributed by atoms with E-state index in [-0.39, 0.29) is 27.2 Å². The Balaban J connectivity index is -0.0000000320. The monoisotopic (exact) mass is 221 g/mol. The molecule has 0 aliphatic carbocycles. The van der Waals surface area contributed by atoms with E-state index in [1.54, 1.807) is 0 Å². The zero-order valence-electron chi connectivity index (χ0n) is 9.49. The SMILES string of the molecule is CC[N+](CC)(CC)CC.F.F.F.F.[B]. The number of hydrogen-bond donors (Lipinski definition) is 0. The van der Waals surface area contributed by atoms with E-state index in [0.717, 1.165) is 0 Å². The third kappa shape index (κ3) is 9.83. The molecule has 0 aliphatic rings. The minimum absolute atomic E-state index is 0. The summed E-state index contributed by atoms with van der Waals surface area (Å²) in [7, 11) is 0.